The Kier molecular flexibility index (Phi) is 36.9. The molecule has 6 N–H and O–H groups in total. The fraction of sp³-hybridized carbons (Fsp3) is 0.778. The molecule has 0 saturated carbocycles. The predicted molar refractivity (Wildman–Crippen MR) is 100 cm³/mol. The Labute approximate surface area is 281 Å². The first-order valence-electron chi connectivity index (χ1n) is 8.25. The van der Waals surface area contributed by atoms with Gasteiger partial charge in [0.05, 0.1) is 25.0 Å². The van der Waals surface area contributed by atoms with E-state index in [1.807, 2.05) is 0 Å². The molecule has 0 radical (unpaired) electrons. The van der Waals surface area contributed by atoms with Crippen molar-refractivity contribution in [2.45, 2.75) is 54.4 Å². The van der Waals surface area contributed by atoms with Crippen LogP contribution < -0.4 is 127 Å². The molecule has 0 aromatic rings. The molecule has 2 atom stereocenters. The van der Waals surface area contributed by atoms with E-state index in [0.29, 0.717) is 0 Å². The van der Waals surface area contributed by atoms with E-state index in [0.717, 1.165) is 0 Å². The fourth-order valence-corrected chi connectivity index (χ4v) is 2.09. The van der Waals surface area contributed by atoms with Gasteiger partial charge in [0, 0.05) is 24.8 Å². The average molecular weight is 599 g/mol. The van der Waals surface area contributed by atoms with E-state index in [1.165, 1.54) is 14.2 Å². The normalized spacial score (nSPS) is 12.7. The number of hydrogen-bond acceptors (Lipinski definition) is 8. The molecule has 0 aliphatic carbocycles. The summed E-state index contributed by atoms with van der Waals surface area (Å²) in [6.45, 7) is 10.2. The van der Waals surface area contributed by atoms with Gasteiger partial charge in [-0.05, 0) is 25.7 Å². The Morgan fingerprint density at radius 3 is 0.968 bits per heavy atom. The third-order valence-electron chi connectivity index (χ3n) is 4.88. The van der Waals surface area contributed by atoms with Crippen molar-refractivity contribution in [3.63, 3.8) is 0 Å². The number of carbonyl (C=O) groups is 4. The summed E-state index contributed by atoms with van der Waals surface area (Å²) in [6, 6.07) is 0. The molecule has 2 unspecified atom stereocenters. The first kappa shape index (κ1) is 49.5. The maximum Gasteiger partial charge on any atom is 1.00 e. The number of rotatable bonds is 8. The molecular formula is C18H36O11Rb2. The van der Waals surface area contributed by atoms with Crippen molar-refractivity contribution in [1.82, 2.24) is 0 Å². The summed E-state index contributed by atoms with van der Waals surface area (Å²) >= 11 is 0. The van der Waals surface area contributed by atoms with Gasteiger partial charge in [-0.2, -0.15) is 0 Å². The first-order chi connectivity index (χ1) is 11.7. The van der Waals surface area contributed by atoms with Crippen LogP contribution in [0.25, 0.3) is 0 Å². The molecule has 0 saturated heterocycles. The molecule has 0 heterocycles. The van der Waals surface area contributed by atoms with Crippen LogP contribution in [-0.2, 0) is 28.7 Å². The standard InChI is InChI=1S/2C9H16O4.3H2O.2Rb/c2*1-6(2)9(3,5-7(10)11)8(12)13-4;;;;;/h2*6H,5H2,1-4H3,(H,10,11);3*1H2;;/q;;;;;2*+1/p-2. The minimum Gasteiger partial charge on any atom is -0.550 e. The smallest absolute Gasteiger partial charge is 0.550 e. The van der Waals surface area contributed by atoms with Gasteiger partial charge in [0.15, 0.2) is 0 Å². The molecule has 176 valence electrons. The zero-order valence-corrected chi connectivity index (χ0v) is 30.2. The number of aliphatic carboxylic acids is 2. The fourth-order valence-electron chi connectivity index (χ4n) is 2.09. The molecule has 0 bridgehead atoms. The van der Waals surface area contributed by atoms with E-state index in [1.54, 1.807) is 41.5 Å². The molecule has 0 aliphatic rings. The molecule has 11 nitrogen and oxygen atoms in total. The Hall–Kier alpha value is 1.37. The first-order valence-corrected chi connectivity index (χ1v) is 8.25. The molecule has 0 rings (SSSR count). The summed E-state index contributed by atoms with van der Waals surface area (Å²) in [6.07, 6.45) is -0.616. The monoisotopic (exact) mass is 598 g/mol. The topological polar surface area (TPSA) is 227 Å². The van der Waals surface area contributed by atoms with Gasteiger partial charge in [-0.1, -0.05) is 27.7 Å². The molecule has 0 aromatic heterocycles. The van der Waals surface area contributed by atoms with Gasteiger partial charge >= 0.3 is 128 Å². The van der Waals surface area contributed by atoms with E-state index >= 15 is 0 Å². The molecule has 0 aliphatic heterocycles. The summed E-state index contributed by atoms with van der Waals surface area (Å²) in [4.78, 5) is 43.4. The Bertz CT molecular complexity index is 481. The van der Waals surface area contributed by atoms with Crippen LogP contribution in [0.3, 0.4) is 0 Å². The van der Waals surface area contributed by atoms with Crippen molar-refractivity contribution >= 4 is 23.9 Å². The predicted octanol–water partition coefficient (Wildman–Crippen LogP) is -8.54. The average Bonchev–Trinajstić information content (AvgIpc) is 2.51. The zero-order chi connectivity index (χ0) is 21.3. The number of carboxylic acid groups (broad SMARTS) is 2. The number of carboxylic acids is 2. The summed E-state index contributed by atoms with van der Waals surface area (Å²) in [5, 5.41) is 20.8. The SMILES string of the molecule is COC(=O)C(C)(CC(=O)[O-])C(C)C.COC(=O)C(C)(CC(=O)[O-])C(C)C.O.O.O.[Rb+].[Rb+]. The number of hydrogen-bond donors (Lipinski definition) is 0. The molecule has 0 fully saturated rings. The van der Waals surface area contributed by atoms with Gasteiger partial charge in [0.2, 0.25) is 0 Å². The molecule has 0 spiro atoms. The van der Waals surface area contributed by atoms with Crippen LogP contribution >= 0.6 is 0 Å². The van der Waals surface area contributed by atoms with Crippen molar-refractivity contribution in [2.75, 3.05) is 14.2 Å². The van der Waals surface area contributed by atoms with Crippen molar-refractivity contribution < 1.29 is 172 Å². The van der Waals surface area contributed by atoms with Crippen LogP contribution in [0.15, 0.2) is 0 Å². The van der Waals surface area contributed by atoms with Crippen molar-refractivity contribution in [1.29, 1.82) is 0 Å². The van der Waals surface area contributed by atoms with E-state index in [4.69, 9.17) is 0 Å². The van der Waals surface area contributed by atoms with Crippen molar-refractivity contribution in [3.8, 4) is 0 Å². The molecule has 31 heavy (non-hydrogen) atoms. The zero-order valence-electron chi connectivity index (χ0n) is 20.3. The largest absolute Gasteiger partial charge is 1.00 e. The number of methoxy groups -OCH3 is 2. The van der Waals surface area contributed by atoms with E-state index < -0.39 is 34.7 Å². The number of esters is 2. The number of carbonyl (C=O) groups excluding carboxylic acids is 4. The molecular weight excluding hydrogens is 563 g/mol. The van der Waals surface area contributed by atoms with Crippen LogP contribution in [0, 0.1) is 22.7 Å². The van der Waals surface area contributed by atoms with Crippen LogP contribution in [0.4, 0.5) is 0 Å². The van der Waals surface area contributed by atoms with Gasteiger partial charge in [0.1, 0.15) is 0 Å². The minimum absolute atomic E-state index is 0. The third kappa shape index (κ3) is 17.5. The Morgan fingerprint density at radius 2 is 0.871 bits per heavy atom. The second-order valence-electron chi connectivity index (χ2n) is 7.23. The van der Waals surface area contributed by atoms with Crippen LogP contribution in [0.5, 0.6) is 0 Å². The summed E-state index contributed by atoms with van der Waals surface area (Å²) in [5.41, 5.74) is -1.98. The van der Waals surface area contributed by atoms with Crippen LogP contribution in [0.2, 0.25) is 0 Å². The molecule has 0 amide bonds. The quantitative estimate of drug-likeness (QED) is 0.243. The van der Waals surface area contributed by atoms with E-state index in [2.05, 4.69) is 9.47 Å². The van der Waals surface area contributed by atoms with Gasteiger partial charge < -0.3 is 45.7 Å². The van der Waals surface area contributed by atoms with Crippen LogP contribution in [-0.4, -0.2) is 54.5 Å². The van der Waals surface area contributed by atoms with Crippen molar-refractivity contribution in [2.24, 2.45) is 22.7 Å². The second-order valence-corrected chi connectivity index (χ2v) is 7.23. The van der Waals surface area contributed by atoms with E-state index in [9.17, 15) is 29.4 Å². The maximum absolute atomic E-state index is 11.3. The second kappa shape index (κ2) is 23.1. The summed E-state index contributed by atoms with van der Waals surface area (Å²) in [5.74, 6) is -3.68. The summed E-state index contributed by atoms with van der Waals surface area (Å²) in [7, 11) is 2.50. The molecule has 13 heteroatoms. The maximum atomic E-state index is 11.3. The van der Waals surface area contributed by atoms with Gasteiger partial charge in [0.25, 0.3) is 0 Å². The van der Waals surface area contributed by atoms with Gasteiger partial charge in [-0.3, -0.25) is 9.59 Å². The van der Waals surface area contributed by atoms with Crippen LogP contribution in [0.1, 0.15) is 54.4 Å². The van der Waals surface area contributed by atoms with E-state index in [-0.39, 0.29) is 157 Å². The van der Waals surface area contributed by atoms with Crippen molar-refractivity contribution in [3.05, 3.63) is 0 Å². The Balaban J connectivity index is -0.0000000640. The minimum atomic E-state index is -1.23. The third-order valence-corrected chi connectivity index (χ3v) is 4.88. The van der Waals surface area contributed by atoms with Gasteiger partial charge in [-0.15, -0.1) is 0 Å². The summed E-state index contributed by atoms with van der Waals surface area (Å²) < 4.78 is 9.10. The number of ether oxygens (including phenoxy) is 2. The Morgan fingerprint density at radius 1 is 0.677 bits per heavy atom. The van der Waals surface area contributed by atoms with Gasteiger partial charge in [-0.25, -0.2) is 0 Å². The molecule has 0 aromatic carbocycles.